The SMILES string of the molecule is C#Cc1c(F)ccc2cc(O)cc(-c3ncc4c(N5CC6CCC(C5)N6C(=O)Nc5ccn[nH]5)nc(OCC5(CN6CCC(F)CC6)CC5)nc4c3F)c12. The molecule has 1 saturated carbocycles. The van der Waals surface area contributed by atoms with Crippen molar-refractivity contribution in [2.24, 2.45) is 5.41 Å². The summed E-state index contributed by atoms with van der Waals surface area (Å²) in [5.74, 6) is 1.66. The monoisotopic (exact) mass is 737 g/mol. The van der Waals surface area contributed by atoms with Crippen LogP contribution in [-0.4, -0.2) is 104 Å². The zero-order valence-corrected chi connectivity index (χ0v) is 29.4. The summed E-state index contributed by atoms with van der Waals surface area (Å²) >= 11 is 0. The Morgan fingerprint density at radius 3 is 2.57 bits per heavy atom. The molecule has 12 nitrogen and oxygen atoms in total. The zero-order valence-electron chi connectivity index (χ0n) is 29.4. The maximum absolute atomic E-state index is 17.1. The van der Waals surface area contributed by atoms with Crippen LogP contribution in [-0.2, 0) is 0 Å². The van der Waals surface area contributed by atoms with Crippen LogP contribution in [0.2, 0.25) is 0 Å². The minimum Gasteiger partial charge on any atom is -0.508 e. The summed E-state index contributed by atoms with van der Waals surface area (Å²) in [5.41, 5.74) is -0.324. The number of nitrogens with zero attached hydrogens (tertiary/aromatic N) is 7. The van der Waals surface area contributed by atoms with Crippen molar-refractivity contribution in [2.45, 2.75) is 56.8 Å². The number of piperazine rings is 1. The van der Waals surface area contributed by atoms with Gasteiger partial charge in [0, 0.05) is 61.4 Å². The number of alkyl halides is 1. The second-order valence-corrected chi connectivity index (χ2v) is 15.0. The average molecular weight is 738 g/mol. The summed E-state index contributed by atoms with van der Waals surface area (Å²) < 4.78 is 52.2. The molecule has 54 heavy (non-hydrogen) atoms. The van der Waals surface area contributed by atoms with Gasteiger partial charge >= 0.3 is 12.0 Å². The highest BCUT2D eigenvalue weighted by Gasteiger charge is 2.46. The maximum Gasteiger partial charge on any atom is 0.323 e. The highest BCUT2D eigenvalue weighted by atomic mass is 19.1. The number of fused-ring (bicyclic) bond motifs is 4. The number of ether oxygens (including phenoxy) is 1. The topological polar surface area (TPSA) is 136 Å². The molecule has 2 atom stereocenters. The van der Waals surface area contributed by atoms with E-state index in [1.165, 1.54) is 30.5 Å². The van der Waals surface area contributed by atoms with Gasteiger partial charge in [0.15, 0.2) is 5.82 Å². The molecule has 3 aromatic heterocycles. The molecule has 0 spiro atoms. The summed E-state index contributed by atoms with van der Waals surface area (Å²) in [5, 5.41) is 21.2. The van der Waals surface area contributed by atoms with Gasteiger partial charge in [-0.15, -0.1) is 6.42 Å². The third-order valence-electron chi connectivity index (χ3n) is 11.4. The van der Waals surface area contributed by atoms with E-state index < -0.39 is 17.8 Å². The fraction of sp³-hybridized carbons (Fsp3) is 0.410. The first-order valence-corrected chi connectivity index (χ1v) is 18.3. The van der Waals surface area contributed by atoms with Crippen molar-refractivity contribution in [1.82, 2.24) is 34.9 Å². The molecule has 4 fully saturated rings. The number of urea groups is 1. The Bertz CT molecular complexity index is 2290. The number of pyridine rings is 1. The van der Waals surface area contributed by atoms with Crippen LogP contribution in [0.4, 0.5) is 29.6 Å². The Labute approximate surface area is 308 Å². The summed E-state index contributed by atoms with van der Waals surface area (Å²) in [4.78, 5) is 33.5. The lowest BCUT2D eigenvalue weighted by Crippen LogP contribution is -2.57. The predicted molar refractivity (Wildman–Crippen MR) is 196 cm³/mol. The normalized spacial score (nSPS) is 21.1. The number of hydrogen-bond donors (Lipinski definition) is 3. The van der Waals surface area contributed by atoms with E-state index in [1.807, 2.05) is 9.80 Å². The molecule has 2 unspecified atom stereocenters. The van der Waals surface area contributed by atoms with Crippen molar-refractivity contribution in [1.29, 1.82) is 0 Å². The summed E-state index contributed by atoms with van der Waals surface area (Å²) in [6, 6.07) is 6.58. The van der Waals surface area contributed by atoms with E-state index in [0.717, 1.165) is 32.2 Å². The van der Waals surface area contributed by atoms with Crippen molar-refractivity contribution in [3.8, 4) is 35.4 Å². The minimum atomic E-state index is -0.809. The number of phenols is 1. The van der Waals surface area contributed by atoms with E-state index >= 15 is 4.39 Å². The lowest BCUT2D eigenvalue weighted by Gasteiger charge is -2.41. The number of benzene rings is 2. The van der Waals surface area contributed by atoms with Crippen LogP contribution in [0.25, 0.3) is 32.9 Å². The van der Waals surface area contributed by atoms with E-state index in [0.29, 0.717) is 68.0 Å². The van der Waals surface area contributed by atoms with Gasteiger partial charge in [-0.3, -0.25) is 15.4 Å². The lowest BCUT2D eigenvalue weighted by molar-refractivity contribution is 0.107. The fourth-order valence-electron chi connectivity index (χ4n) is 8.46. The number of piperidine rings is 1. The van der Waals surface area contributed by atoms with E-state index in [-0.39, 0.29) is 63.0 Å². The molecular weight excluding hydrogens is 699 g/mol. The van der Waals surface area contributed by atoms with Crippen LogP contribution in [0, 0.1) is 29.4 Å². The number of hydrogen-bond acceptors (Lipinski definition) is 9. The Balaban J connectivity index is 1.09. The highest BCUT2D eigenvalue weighted by Crippen LogP contribution is 2.47. The number of aromatic nitrogens is 5. The first-order valence-electron chi connectivity index (χ1n) is 18.3. The van der Waals surface area contributed by atoms with Crippen LogP contribution >= 0.6 is 0 Å². The standard InChI is InChI=1S/C39H38F3N9O3/c1-2-27-30(41)6-3-22-15-26(52)16-28(32(22)27)34-33(42)35-29(17-43-34)36(47-37(46-35)54-21-39(10-11-39)20-49-13-8-23(40)9-14-49)50-18-24-4-5-25(19-50)51(24)38(53)45-31-7-12-44-48-31/h1,3,6-7,12,15-17,23-25,52H,4-5,8-11,13-14,18-21H2,(H2,44,45,48,53). The van der Waals surface area contributed by atoms with Crippen LogP contribution in [0.15, 0.2) is 42.7 Å². The van der Waals surface area contributed by atoms with E-state index in [4.69, 9.17) is 16.1 Å². The van der Waals surface area contributed by atoms with Gasteiger partial charge in [-0.2, -0.15) is 15.1 Å². The van der Waals surface area contributed by atoms with E-state index in [9.17, 15) is 18.7 Å². The van der Waals surface area contributed by atoms with Crippen molar-refractivity contribution in [2.75, 3.05) is 49.5 Å². The van der Waals surface area contributed by atoms with Crippen molar-refractivity contribution in [3.05, 3.63) is 59.9 Å². The molecular formula is C39H38F3N9O3. The number of terminal acetylenes is 1. The number of anilines is 2. The molecule has 4 aliphatic rings. The molecule has 1 aliphatic carbocycles. The number of rotatable bonds is 8. The quantitative estimate of drug-likeness (QED) is 0.164. The molecule has 6 heterocycles. The first-order chi connectivity index (χ1) is 26.2. The molecule has 9 rings (SSSR count). The maximum atomic E-state index is 17.1. The summed E-state index contributed by atoms with van der Waals surface area (Å²) in [6.07, 6.45) is 12.5. The van der Waals surface area contributed by atoms with Gasteiger partial charge in [-0.25, -0.2) is 18.0 Å². The van der Waals surface area contributed by atoms with Crippen LogP contribution in [0.1, 0.15) is 44.1 Å². The molecule has 2 aromatic carbocycles. The third kappa shape index (κ3) is 6.17. The number of amides is 2. The Hall–Kier alpha value is -5.62. The number of carbonyl (C=O) groups is 1. The van der Waals surface area contributed by atoms with Gasteiger partial charge < -0.3 is 24.5 Å². The second kappa shape index (κ2) is 13.3. The van der Waals surface area contributed by atoms with Crippen LogP contribution in [0.5, 0.6) is 11.8 Å². The van der Waals surface area contributed by atoms with Gasteiger partial charge in [0.05, 0.1) is 35.8 Å². The molecule has 2 amide bonds. The van der Waals surface area contributed by atoms with Gasteiger partial charge in [0.25, 0.3) is 0 Å². The fourth-order valence-corrected chi connectivity index (χ4v) is 8.46. The van der Waals surface area contributed by atoms with Crippen LogP contribution in [0.3, 0.4) is 0 Å². The number of nitrogens with one attached hydrogen (secondary N) is 2. The lowest BCUT2D eigenvalue weighted by atomic mass is 9.96. The number of phenolic OH excluding ortho intramolecular Hbond substituents is 1. The number of likely N-dealkylation sites (tertiary alicyclic amines) is 1. The van der Waals surface area contributed by atoms with Crippen LogP contribution < -0.4 is 15.0 Å². The average Bonchev–Trinajstić information content (AvgIpc) is 3.62. The predicted octanol–water partition coefficient (Wildman–Crippen LogP) is 6.01. The zero-order chi connectivity index (χ0) is 37.1. The van der Waals surface area contributed by atoms with Gasteiger partial charge in [0.1, 0.15) is 40.6 Å². The first kappa shape index (κ1) is 34.2. The number of carbonyl (C=O) groups excluding carboxylic acids is 1. The smallest absolute Gasteiger partial charge is 0.323 e. The van der Waals surface area contributed by atoms with Crippen molar-refractivity contribution < 1.29 is 27.8 Å². The molecule has 3 saturated heterocycles. The van der Waals surface area contributed by atoms with E-state index in [1.54, 1.807) is 12.3 Å². The molecule has 5 aromatic rings. The summed E-state index contributed by atoms with van der Waals surface area (Å²) in [7, 11) is 0. The minimum absolute atomic E-state index is 0.00909. The summed E-state index contributed by atoms with van der Waals surface area (Å²) in [6.45, 7) is 3.33. The highest BCUT2D eigenvalue weighted by molar-refractivity contribution is 6.03. The number of H-pyrrole nitrogens is 1. The molecule has 3 aliphatic heterocycles. The second-order valence-electron chi connectivity index (χ2n) is 15.0. The third-order valence-corrected chi connectivity index (χ3v) is 11.4. The van der Waals surface area contributed by atoms with Gasteiger partial charge in [-0.1, -0.05) is 12.0 Å². The Morgan fingerprint density at radius 1 is 1.09 bits per heavy atom. The van der Waals surface area contributed by atoms with Crippen molar-refractivity contribution >= 4 is 39.3 Å². The van der Waals surface area contributed by atoms with Crippen molar-refractivity contribution in [3.63, 3.8) is 0 Å². The molecule has 2 bridgehead atoms. The van der Waals surface area contributed by atoms with E-state index in [2.05, 4.69) is 36.3 Å². The molecule has 0 radical (unpaired) electrons. The Morgan fingerprint density at radius 2 is 1.87 bits per heavy atom. The Kier molecular flexibility index (Phi) is 8.45. The van der Waals surface area contributed by atoms with Gasteiger partial charge in [0.2, 0.25) is 0 Å². The molecule has 278 valence electrons. The largest absolute Gasteiger partial charge is 0.508 e. The number of halogens is 3. The molecule has 15 heteroatoms. The number of aromatic hydroxyl groups is 1. The molecule has 3 N–H and O–H groups in total. The van der Waals surface area contributed by atoms with Gasteiger partial charge in [-0.05, 0) is 62.1 Å². The number of aromatic amines is 1.